The average Bonchev–Trinajstić information content (AvgIpc) is 1.43. The van der Waals surface area contributed by atoms with Crippen molar-refractivity contribution in [3.8, 4) is 0 Å². The summed E-state index contributed by atoms with van der Waals surface area (Å²) in [4.78, 5) is 170. The second-order valence-corrected chi connectivity index (χ2v) is 26.5. The highest BCUT2D eigenvalue weighted by molar-refractivity contribution is 6.13. The summed E-state index contributed by atoms with van der Waals surface area (Å²) < 4.78 is 23.6. The highest BCUT2D eigenvalue weighted by atomic mass is 16.5. The highest BCUT2D eigenvalue weighted by Crippen LogP contribution is 2.30. The minimum absolute atomic E-state index is 0.00423. The Bertz CT molecular complexity index is 3050. The smallest absolute Gasteiger partial charge is 0.253 e. The van der Waals surface area contributed by atoms with E-state index in [1.54, 1.807) is 106 Å². The van der Waals surface area contributed by atoms with Gasteiger partial charge in [-0.25, -0.2) is 0 Å². The van der Waals surface area contributed by atoms with Crippen LogP contribution in [-0.2, 0) is 82.9 Å². The normalized spacial score (nSPS) is 18.6. The van der Waals surface area contributed by atoms with Crippen molar-refractivity contribution in [2.24, 2.45) is 23.7 Å². The van der Waals surface area contributed by atoms with E-state index < -0.39 is 145 Å². The quantitative estimate of drug-likeness (QED) is 0.0458. The van der Waals surface area contributed by atoms with Crippen LogP contribution in [0, 0.1) is 23.7 Å². The van der Waals surface area contributed by atoms with Crippen molar-refractivity contribution in [2.45, 2.75) is 148 Å². The number of methoxy groups -OCH3 is 2. The van der Waals surface area contributed by atoms with E-state index >= 15 is 0 Å². The Morgan fingerprint density at radius 1 is 0.650 bits per heavy atom. The fourth-order valence-electron chi connectivity index (χ4n) is 12.7. The number of aliphatic hydroxyl groups excluding tert-OH is 1. The molecule has 29 nitrogen and oxygen atoms in total. The molecule has 2 aromatic carbocycles. The van der Waals surface area contributed by atoms with E-state index in [-0.39, 0.29) is 95.5 Å². The molecule has 0 saturated carbocycles. The molecule has 2 fully saturated rings. The number of amides is 12. The third kappa shape index (κ3) is 24.8. The van der Waals surface area contributed by atoms with Crippen LogP contribution in [0.3, 0.4) is 0 Å². The molecular formula is C71H108N12O17. The third-order valence-corrected chi connectivity index (χ3v) is 18.7. The zero-order valence-electron chi connectivity index (χ0n) is 60.2. The summed E-state index contributed by atoms with van der Waals surface area (Å²) in [6.45, 7) is 15.0. The van der Waals surface area contributed by atoms with Crippen molar-refractivity contribution in [1.82, 2.24) is 61.3 Å². The molecule has 554 valence electrons. The van der Waals surface area contributed by atoms with Crippen LogP contribution in [0.25, 0.3) is 0 Å². The number of benzene rings is 2. The number of likely N-dealkylation sites (tertiary alicyclic amines) is 1. The summed E-state index contributed by atoms with van der Waals surface area (Å²) >= 11 is 0. The maximum atomic E-state index is 14.9. The molecule has 3 aliphatic rings. The summed E-state index contributed by atoms with van der Waals surface area (Å²) in [5, 5.41) is 27.1. The summed E-state index contributed by atoms with van der Waals surface area (Å²) in [6, 6.07) is 12.6. The van der Waals surface area contributed by atoms with Gasteiger partial charge in [0.05, 0.1) is 101 Å². The summed E-state index contributed by atoms with van der Waals surface area (Å²) in [5.41, 5.74) is 1.33. The van der Waals surface area contributed by atoms with Crippen molar-refractivity contribution < 1.29 is 81.6 Å². The number of likely N-dealkylation sites (N-methyl/N-ethyl adjacent to an activating group) is 2. The molecule has 29 heteroatoms. The lowest BCUT2D eigenvalue weighted by Gasteiger charge is -2.41. The fraction of sp³-hybridized carbons (Fsp3) is 0.634. The highest BCUT2D eigenvalue weighted by Gasteiger charge is 2.44. The van der Waals surface area contributed by atoms with Crippen molar-refractivity contribution in [3.05, 3.63) is 83.9 Å². The zero-order chi connectivity index (χ0) is 73.8. The number of nitrogens with one attached hydrogen (secondary N) is 6. The molecule has 0 unspecified atom stereocenters. The summed E-state index contributed by atoms with van der Waals surface area (Å²) in [6.07, 6.45) is 1.59. The SMILES string of the molecule is CC[C@H](C)[C@@H]([C@@H](CC(=O)N1CCC[C@@H]1[C@H](OC)[C@@H](C)C(=O)N[C@H](C)[C@@H](O)c1ccccc1)OC)N(C)C(=O)[C@@H](NC(=O)[C@H](C(C)C)N(C)C(=O)CNC(=O)[C@H](Cc1ccccc1)NC(=O)CNC(=O)CNC(=O)CN1CCOCCN(C(=O)CCN2C(=O)C=CC2=O)CCOCC1)C(C)C. The minimum Gasteiger partial charge on any atom is -0.386 e. The van der Waals surface area contributed by atoms with Crippen LogP contribution < -0.4 is 31.9 Å². The van der Waals surface area contributed by atoms with Crippen LogP contribution in [-0.4, -0.2) is 274 Å². The molecule has 7 N–H and O–H groups in total. The van der Waals surface area contributed by atoms with E-state index in [1.165, 1.54) is 31.1 Å². The Labute approximate surface area is 587 Å². The maximum Gasteiger partial charge on any atom is 0.253 e. The van der Waals surface area contributed by atoms with Crippen molar-refractivity contribution in [1.29, 1.82) is 0 Å². The molecule has 2 saturated heterocycles. The predicted octanol–water partition coefficient (Wildman–Crippen LogP) is 0.337. The third-order valence-electron chi connectivity index (χ3n) is 18.7. The number of rotatable bonds is 35. The largest absolute Gasteiger partial charge is 0.386 e. The van der Waals surface area contributed by atoms with Crippen molar-refractivity contribution in [2.75, 3.05) is 120 Å². The Morgan fingerprint density at radius 2 is 1.24 bits per heavy atom. The van der Waals surface area contributed by atoms with Crippen LogP contribution in [0.2, 0.25) is 0 Å². The first kappa shape index (κ1) is 82.4. The molecule has 100 heavy (non-hydrogen) atoms. The Hall–Kier alpha value is -8.22. The number of hydrogen-bond donors (Lipinski definition) is 7. The van der Waals surface area contributed by atoms with Gasteiger partial charge in [0.1, 0.15) is 18.1 Å². The summed E-state index contributed by atoms with van der Waals surface area (Å²) in [5.74, 6) is -8.02. The lowest BCUT2D eigenvalue weighted by molar-refractivity contribution is -0.148. The molecule has 0 aliphatic carbocycles. The average molecular weight is 1400 g/mol. The minimum atomic E-state index is -1.23. The van der Waals surface area contributed by atoms with Crippen LogP contribution >= 0.6 is 0 Å². The van der Waals surface area contributed by atoms with Crippen molar-refractivity contribution >= 4 is 70.9 Å². The summed E-state index contributed by atoms with van der Waals surface area (Å²) in [7, 11) is 6.03. The number of imide groups is 1. The van der Waals surface area contributed by atoms with Gasteiger partial charge in [-0.2, -0.15) is 0 Å². The van der Waals surface area contributed by atoms with Gasteiger partial charge in [0.15, 0.2) is 0 Å². The van der Waals surface area contributed by atoms with Crippen molar-refractivity contribution in [3.63, 3.8) is 0 Å². The number of hydrogen-bond acceptors (Lipinski definition) is 18. The predicted molar refractivity (Wildman–Crippen MR) is 370 cm³/mol. The number of aliphatic hydroxyl groups is 1. The second-order valence-electron chi connectivity index (χ2n) is 26.5. The number of nitrogens with zero attached hydrogens (tertiary/aromatic N) is 6. The molecule has 0 spiro atoms. The molecule has 0 aromatic heterocycles. The van der Waals surface area contributed by atoms with Gasteiger partial charge in [0, 0.05) is 92.6 Å². The lowest BCUT2D eigenvalue weighted by atomic mass is 9.89. The molecule has 11 atom stereocenters. The van der Waals surface area contributed by atoms with E-state index in [0.29, 0.717) is 50.0 Å². The zero-order valence-corrected chi connectivity index (χ0v) is 60.2. The molecule has 5 rings (SSSR count). The van der Waals surface area contributed by atoms with Gasteiger partial charge < -0.3 is 75.6 Å². The second kappa shape index (κ2) is 41.5. The van der Waals surface area contributed by atoms with Gasteiger partial charge >= 0.3 is 0 Å². The van der Waals surface area contributed by atoms with Crippen LogP contribution in [0.5, 0.6) is 0 Å². The Kier molecular flexibility index (Phi) is 34.2. The number of carbonyl (C=O) groups excluding carboxylic acids is 12. The van der Waals surface area contributed by atoms with E-state index in [4.69, 9.17) is 18.9 Å². The number of ether oxygens (including phenoxy) is 4. The molecule has 12 amide bonds. The van der Waals surface area contributed by atoms with Gasteiger partial charge in [0.25, 0.3) is 11.8 Å². The van der Waals surface area contributed by atoms with Crippen LogP contribution in [0.15, 0.2) is 72.8 Å². The van der Waals surface area contributed by atoms with Gasteiger partial charge in [-0.05, 0) is 48.6 Å². The molecule has 2 aromatic rings. The monoisotopic (exact) mass is 1400 g/mol. The van der Waals surface area contributed by atoms with Crippen LogP contribution in [0.4, 0.5) is 0 Å². The van der Waals surface area contributed by atoms with E-state index in [0.717, 1.165) is 17.1 Å². The first-order chi connectivity index (χ1) is 47.6. The maximum absolute atomic E-state index is 14.9. The van der Waals surface area contributed by atoms with Gasteiger partial charge in [-0.3, -0.25) is 67.3 Å². The molecule has 0 bridgehead atoms. The van der Waals surface area contributed by atoms with E-state index in [9.17, 15) is 62.6 Å². The molecular weight excluding hydrogens is 1290 g/mol. The molecule has 3 aliphatic heterocycles. The van der Waals surface area contributed by atoms with Gasteiger partial charge in [0.2, 0.25) is 59.1 Å². The number of carbonyl (C=O) groups is 12. The molecule has 0 radical (unpaired) electrons. The first-order valence-corrected chi connectivity index (χ1v) is 34.7. The van der Waals surface area contributed by atoms with Crippen LogP contribution in [0.1, 0.15) is 105 Å². The fourth-order valence-corrected chi connectivity index (χ4v) is 12.7. The van der Waals surface area contributed by atoms with E-state index in [2.05, 4.69) is 31.9 Å². The standard InChI is InChI=1S/C71H108N12O17/c1-13-47(6)65(54(97-11)40-61(90)82-29-20-25-53(82)67(98-12)48(7)68(93)75-49(8)66(92)51-23-18-15-19-24-51)79(10)71(96)63(45(2)3)77-70(95)64(46(4)5)78(9)62(91)43-74-69(94)52(39-50-21-16-14-17-22-50)76-56(85)42-72-55(84)41-73-57(86)44-80-31-35-99-37-33-81(34-38-100-36-32-80)58(87)28-30-83-59(88)26-27-60(83)89/h14-19,21-24,26-27,45-49,52-54,63-67,92H,13,20,25,28-44H2,1-12H3,(H,72,84)(H,73,86)(H,74,94)(H,75,93)(H,76,85)(H,77,95)/t47-,48+,49+,52-,53+,54+,63-,64-,65-,66+,67+/m0/s1. The Morgan fingerprint density at radius 3 is 1.82 bits per heavy atom. The topological polar surface area (TPSA) is 354 Å². The first-order valence-electron chi connectivity index (χ1n) is 34.7. The van der Waals surface area contributed by atoms with E-state index in [1.807, 2.05) is 32.0 Å². The molecule has 3 heterocycles. The van der Waals surface area contributed by atoms with Gasteiger partial charge in [-0.15, -0.1) is 0 Å². The lowest BCUT2D eigenvalue weighted by Crippen LogP contribution is -2.61. The van der Waals surface area contributed by atoms with Gasteiger partial charge in [-0.1, -0.05) is 116 Å². The Balaban J connectivity index is 1.12.